The highest BCUT2D eigenvalue weighted by atomic mass is 35.5. The van der Waals surface area contributed by atoms with Crippen LogP contribution in [0.2, 0.25) is 5.02 Å². The first-order valence-corrected chi connectivity index (χ1v) is 6.71. The van der Waals surface area contributed by atoms with Crippen LogP contribution in [-0.2, 0) is 13.1 Å². The fraction of sp³-hybridized carbons (Fsp3) is 0.250. The van der Waals surface area contributed by atoms with Crippen molar-refractivity contribution in [2.75, 3.05) is 12.8 Å². The van der Waals surface area contributed by atoms with Crippen molar-refractivity contribution in [3.63, 3.8) is 0 Å². The van der Waals surface area contributed by atoms with Gasteiger partial charge in [-0.25, -0.2) is 0 Å². The van der Waals surface area contributed by atoms with Crippen molar-refractivity contribution in [1.82, 2.24) is 4.90 Å². The van der Waals surface area contributed by atoms with Gasteiger partial charge in [0.05, 0.1) is 0 Å². The lowest BCUT2D eigenvalue weighted by molar-refractivity contribution is 0.318. The van der Waals surface area contributed by atoms with E-state index in [4.69, 9.17) is 17.3 Å². The Hall–Kier alpha value is -1.51. The van der Waals surface area contributed by atoms with Crippen molar-refractivity contribution >= 4 is 17.3 Å². The molecule has 0 heterocycles. The van der Waals surface area contributed by atoms with E-state index in [0.29, 0.717) is 0 Å². The summed E-state index contributed by atoms with van der Waals surface area (Å²) in [6.07, 6.45) is 0. The number of anilines is 1. The van der Waals surface area contributed by atoms with Crippen LogP contribution in [0.3, 0.4) is 0 Å². The molecule has 19 heavy (non-hydrogen) atoms. The summed E-state index contributed by atoms with van der Waals surface area (Å²) in [5.41, 5.74) is 10.5. The van der Waals surface area contributed by atoms with E-state index >= 15 is 0 Å². The molecule has 2 aromatic carbocycles. The highest BCUT2D eigenvalue weighted by molar-refractivity contribution is 6.30. The summed E-state index contributed by atoms with van der Waals surface area (Å²) >= 11 is 5.89. The summed E-state index contributed by atoms with van der Waals surface area (Å²) in [6, 6.07) is 14.1. The second-order valence-corrected chi connectivity index (χ2v) is 5.37. The normalized spacial score (nSPS) is 10.9. The molecule has 2 rings (SSSR count). The van der Waals surface area contributed by atoms with Gasteiger partial charge in [-0.3, -0.25) is 4.90 Å². The van der Waals surface area contributed by atoms with Gasteiger partial charge < -0.3 is 5.73 Å². The van der Waals surface area contributed by atoms with Gasteiger partial charge in [0, 0.05) is 23.8 Å². The largest absolute Gasteiger partial charge is 0.399 e. The maximum atomic E-state index is 5.93. The lowest BCUT2D eigenvalue weighted by Crippen LogP contribution is -2.18. The van der Waals surface area contributed by atoms with Crippen LogP contribution in [0.15, 0.2) is 42.5 Å². The number of rotatable bonds is 4. The van der Waals surface area contributed by atoms with Crippen molar-refractivity contribution in [3.05, 3.63) is 64.2 Å². The Morgan fingerprint density at radius 2 is 1.74 bits per heavy atom. The van der Waals surface area contributed by atoms with E-state index < -0.39 is 0 Å². The zero-order valence-corrected chi connectivity index (χ0v) is 12.1. The topological polar surface area (TPSA) is 29.3 Å². The SMILES string of the molecule is Cc1c(N)cccc1CN(C)Cc1ccc(Cl)cc1. The molecule has 0 unspecified atom stereocenters. The Labute approximate surface area is 119 Å². The molecule has 0 bridgehead atoms. The predicted molar refractivity (Wildman–Crippen MR) is 82.2 cm³/mol. The average molecular weight is 275 g/mol. The number of hydrogen-bond donors (Lipinski definition) is 1. The third-order valence-corrected chi connectivity index (χ3v) is 3.55. The van der Waals surface area contributed by atoms with Crippen LogP contribution in [0, 0.1) is 6.92 Å². The van der Waals surface area contributed by atoms with Crippen LogP contribution in [0.4, 0.5) is 5.69 Å². The van der Waals surface area contributed by atoms with E-state index in [9.17, 15) is 0 Å². The van der Waals surface area contributed by atoms with Gasteiger partial charge in [-0.15, -0.1) is 0 Å². The zero-order chi connectivity index (χ0) is 13.8. The van der Waals surface area contributed by atoms with Gasteiger partial charge in [-0.2, -0.15) is 0 Å². The number of nitrogens with zero attached hydrogens (tertiary/aromatic N) is 1. The van der Waals surface area contributed by atoms with Crippen LogP contribution in [0.25, 0.3) is 0 Å². The standard InChI is InChI=1S/C16H19ClN2/c1-12-14(4-3-5-16(12)18)11-19(2)10-13-6-8-15(17)9-7-13/h3-9H,10-11,18H2,1-2H3. The quantitative estimate of drug-likeness (QED) is 0.858. The molecule has 2 N–H and O–H groups in total. The molecule has 0 atom stereocenters. The Balaban J connectivity index is 2.03. The van der Waals surface area contributed by atoms with Gasteiger partial charge in [-0.1, -0.05) is 35.9 Å². The molecule has 0 spiro atoms. The number of nitrogens with two attached hydrogens (primary N) is 1. The number of hydrogen-bond acceptors (Lipinski definition) is 2. The van der Waals surface area contributed by atoms with Crippen molar-refractivity contribution in [1.29, 1.82) is 0 Å². The molecule has 0 fully saturated rings. The van der Waals surface area contributed by atoms with Crippen LogP contribution in [0.5, 0.6) is 0 Å². The Kier molecular flexibility index (Phi) is 4.46. The molecule has 0 radical (unpaired) electrons. The number of halogens is 1. The smallest absolute Gasteiger partial charge is 0.0406 e. The summed E-state index contributed by atoms with van der Waals surface area (Å²) in [5.74, 6) is 0. The van der Waals surface area contributed by atoms with Crippen LogP contribution < -0.4 is 5.73 Å². The first-order chi connectivity index (χ1) is 9.06. The van der Waals surface area contributed by atoms with E-state index in [0.717, 1.165) is 23.8 Å². The molecular weight excluding hydrogens is 256 g/mol. The molecule has 100 valence electrons. The first kappa shape index (κ1) is 13.9. The van der Waals surface area contributed by atoms with Gasteiger partial charge in [0.1, 0.15) is 0 Å². The van der Waals surface area contributed by atoms with Gasteiger partial charge in [0.25, 0.3) is 0 Å². The third-order valence-electron chi connectivity index (χ3n) is 3.29. The third kappa shape index (κ3) is 3.72. The molecule has 0 aliphatic heterocycles. The molecule has 0 saturated heterocycles. The molecule has 2 aromatic rings. The van der Waals surface area contributed by atoms with Crippen molar-refractivity contribution in [2.24, 2.45) is 0 Å². The number of benzene rings is 2. The Morgan fingerprint density at radius 3 is 2.42 bits per heavy atom. The molecule has 2 nitrogen and oxygen atoms in total. The summed E-state index contributed by atoms with van der Waals surface area (Å²) < 4.78 is 0. The van der Waals surface area contributed by atoms with Gasteiger partial charge in [0.15, 0.2) is 0 Å². The Bertz CT molecular complexity index is 549. The van der Waals surface area contributed by atoms with E-state index in [1.165, 1.54) is 16.7 Å². The fourth-order valence-corrected chi connectivity index (χ4v) is 2.25. The second kappa shape index (κ2) is 6.09. The van der Waals surface area contributed by atoms with Crippen molar-refractivity contribution < 1.29 is 0 Å². The van der Waals surface area contributed by atoms with Crippen LogP contribution in [-0.4, -0.2) is 11.9 Å². The zero-order valence-electron chi connectivity index (χ0n) is 11.4. The maximum absolute atomic E-state index is 5.93. The van der Waals surface area contributed by atoms with E-state index in [1.807, 2.05) is 24.3 Å². The van der Waals surface area contributed by atoms with E-state index in [-0.39, 0.29) is 0 Å². The monoisotopic (exact) mass is 274 g/mol. The van der Waals surface area contributed by atoms with E-state index in [1.54, 1.807) is 0 Å². The van der Waals surface area contributed by atoms with Crippen molar-refractivity contribution in [3.8, 4) is 0 Å². The fourth-order valence-electron chi connectivity index (χ4n) is 2.12. The molecule has 0 aromatic heterocycles. The predicted octanol–water partition coefficient (Wildman–Crippen LogP) is 3.86. The lowest BCUT2D eigenvalue weighted by Gasteiger charge is -2.18. The molecule has 0 saturated carbocycles. The van der Waals surface area contributed by atoms with Crippen molar-refractivity contribution in [2.45, 2.75) is 20.0 Å². The Morgan fingerprint density at radius 1 is 1.05 bits per heavy atom. The van der Waals surface area contributed by atoms with Gasteiger partial charge >= 0.3 is 0 Å². The van der Waals surface area contributed by atoms with Gasteiger partial charge in [-0.05, 0) is 48.9 Å². The first-order valence-electron chi connectivity index (χ1n) is 6.33. The average Bonchev–Trinajstić information content (AvgIpc) is 2.38. The minimum absolute atomic E-state index is 0.776. The van der Waals surface area contributed by atoms with E-state index in [2.05, 4.69) is 37.1 Å². The summed E-state index contributed by atoms with van der Waals surface area (Å²) in [6.45, 7) is 3.85. The minimum Gasteiger partial charge on any atom is -0.399 e. The molecule has 3 heteroatoms. The second-order valence-electron chi connectivity index (χ2n) is 4.93. The minimum atomic E-state index is 0.776. The van der Waals surface area contributed by atoms with Gasteiger partial charge in [0.2, 0.25) is 0 Å². The summed E-state index contributed by atoms with van der Waals surface area (Å²) in [5, 5.41) is 0.776. The lowest BCUT2D eigenvalue weighted by atomic mass is 10.1. The van der Waals surface area contributed by atoms with Crippen LogP contribution in [0.1, 0.15) is 16.7 Å². The highest BCUT2D eigenvalue weighted by Crippen LogP contribution is 2.18. The summed E-state index contributed by atoms with van der Waals surface area (Å²) in [4.78, 5) is 2.27. The highest BCUT2D eigenvalue weighted by Gasteiger charge is 2.05. The molecule has 0 aliphatic carbocycles. The number of nitrogen functional groups attached to an aromatic ring is 1. The molecular formula is C16H19ClN2. The maximum Gasteiger partial charge on any atom is 0.0406 e. The van der Waals surface area contributed by atoms with Crippen LogP contribution >= 0.6 is 11.6 Å². The molecule has 0 aliphatic rings. The molecule has 0 amide bonds. The summed E-state index contributed by atoms with van der Waals surface area (Å²) in [7, 11) is 2.11.